The third-order valence-corrected chi connectivity index (χ3v) is 7.46. The molecule has 1 saturated carbocycles. The Morgan fingerprint density at radius 2 is 1.97 bits per heavy atom. The van der Waals surface area contributed by atoms with Gasteiger partial charge >= 0.3 is 6.03 Å². The number of hydrogen-bond acceptors (Lipinski definition) is 5. The first-order valence-electron chi connectivity index (χ1n) is 13.6. The molecule has 9 heteroatoms. The number of para-hydroxylation sites is 2. The van der Waals surface area contributed by atoms with Gasteiger partial charge in [0.15, 0.2) is 0 Å². The Bertz CT molecular complexity index is 1000. The number of rotatable bonds is 10. The second-order valence-electron chi connectivity index (χ2n) is 10.3. The van der Waals surface area contributed by atoms with E-state index in [1.165, 1.54) is 19.3 Å². The second kappa shape index (κ2) is 13.1. The Balaban J connectivity index is 1.31. The van der Waals surface area contributed by atoms with Gasteiger partial charge in [0.25, 0.3) is 0 Å². The van der Waals surface area contributed by atoms with Crippen LogP contribution in [0.3, 0.4) is 0 Å². The minimum atomic E-state index is -0.409. The summed E-state index contributed by atoms with van der Waals surface area (Å²) in [4.78, 5) is 32.2. The summed E-state index contributed by atoms with van der Waals surface area (Å²) in [5.41, 5.74) is 8.36. The largest absolute Gasteiger partial charge is 0.385 e. The van der Waals surface area contributed by atoms with E-state index >= 15 is 0 Å². The molecular weight excluding hydrogens is 456 g/mol. The topological polar surface area (TPSA) is 115 Å². The molecule has 0 spiro atoms. The van der Waals surface area contributed by atoms with Crippen molar-refractivity contribution >= 4 is 23.0 Å². The minimum absolute atomic E-state index is 0.0451. The number of aryl methyl sites for hydroxylation is 1. The lowest BCUT2D eigenvalue weighted by molar-refractivity contribution is -0.132. The maximum absolute atomic E-state index is 13.1. The molecule has 2 atom stereocenters. The fourth-order valence-corrected chi connectivity index (χ4v) is 5.55. The van der Waals surface area contributed by atoms with Crippen molar-refractivity contribution in [3.63, 3.8) is 0 Å². The van der Waals surface area contributed by atoms with Crippen molar-refractivity contribution in [2.45, 2.75) is 82.3 Å². The molecule has 0 radical (unpaired) electrons. The predicted octanol–water partition coefficient (Wildman–Crippen LogP) is 3.13. The third kappa shape index (κ3) is 6.97. The van der Waals surface area contributed by atoms with Gasteiger partial charge in [-0.1, -0.05) is 31.4 Å². The Morgan fingerprint density at radius 3 is 2.78 bits per heavy atom. The number of nitrogens with zero attached hydrogens (tertiary/aromatic N) is 3. The van der Waals surface area contributed by atoms with Crippen molar-refractivity contribution in [1.82, 2.24) is 25.1 Å². The number of likely N-dealkylation sites (tertiary alicyclic amines) is 1. The molecule has 4 N–H and O–H groups in total. The zero-order valence-electron chi connectivity index (χ0n) is 21.6. The summed E-state index contributed by atoms with van der Waals surface area (Å²) in [6, 6.07) is 7.88. The molecular formula is C27H42N6O3. The highest BCUT2D eigenvalue weighted by molar-refractivity contribution is 5.78. The Labute approximate surface area is 214 Å². The molecule has 1 aromatic heterocycles. The fourth-order valence-electron chi connectivity index (χ4n) is 5.55. The molecule has 0 unspecified atom stereocenters. The second-order valence-corrected chi connectivity index (χ2v) is 10.3. The fraction of sp³-hybridized carbons (Fsp3) is 0.667. The molecule has 1 aliphatic carbocycles. The highest BCUT2D eigenvalue weighted by Gasteiger charge is 2.29. The van der Waals surface area contributed by atoms with Gasteiger partial charge < -0.3 is 30.6 Å². The van der Waals surface area contributed by atoms with Gasteiger partial charge in [0.05, 0.1) is 11.0 Å². The van der Waals surface area contributed by atoms with Gasteiger partial charge in [0, 0.05) is 64.3 Å². The molecule has 1 aromatic carbocycles. The summed E-state index contributed by atoms with van der Waals surface area (Å²) in [5.74, 6) is 1.28. The minimum Gasteiger partial charge on any atom is -0.385 e. The molecule has 36 heavy (non-hydrogen) atoms. The van der Waals surface area contributed by atoms with Gasteiger partial charge in [0.1, 0.15) is 5.82 Å². The number of nitrogens with one attached hydrogen (secondary N) is 2. The first-order valence-corrected chi connectivity index (χ1v) is 13.6. The lowest BCUT2D eigenvalue weighted by Gasteiger charge is -2.33. The van der Waals surface area contributed by atoms with E-state index in [2.05, 4.69) is 21.3 Å². The number of amides is 3. The van der Waals surface area contributed by atoms with Crippen LogP contribution in [0.1, 0.15) is 69.5 Å². The van der Waals surface area contributed by atoms with Crippen LogP contribution in [0.4, 0.5) is 4.79 Å². The van der Waals surface area contributed by atoms with Crippen LogP contribution in [0.5, 0.6) is 0 Å². The quantitative estimate of drug-likeness (QED) is 0.436. The molecule has 2 aliphatic rings. The van der Waals surface area contributed by atoms with E-state index in [1.54, 1.807) is 7.11 Å². The van der Waals surface area contributed by atoms with Gasteiger partial charge in [-0.15, -0.1) is 0 Å². The first-order chi connectivity index (χ1) is 17.5. The monoisotopic (exact) mass is 498 g/mol. The summed E-state index contributed by atoms with van der Waals surface area (Å²) < 4.78 is 7.57. The lowest BCUT2D eigenvalue weighted by atomic mass is 9.96. The van der Waals surface area contributed by atoms with Gasteiger partial charge in [-0.2, -0.15) is 0 Å². The van der Waals surface area contributed by atoms with Gasteiger partial charge in [0.2, 0.25) is 5.91 Å². The number of carbonyl (C=O) groups excluding carboxylic acids is 2. The molecule has 198 valence electrons. The Morgan fingerprint density at radius 1 is 1.17 bits per heavy atom. The predicted molar refractivity (Wildman–Crippen MR) is 141 cm³/mol. The summed E-state index contributed by atoms with van der Waals surface area (Å²) >= 11 is 0. The highest BCUT2D eigenvalue weighted by Crippen LogP contribution is 2.30. The molecule has 2 aromatic rings. The average Bonchev–Trinajstić information content (AvgIpc) is 3.27. The van der Waals surface area contributed by atoms with E-state index in [0.29, 0.717) is 13.2 Å². The van der Waals surface area contributed by atoms with Crippen molar-refractivity contribution in [1.29, 1.82) is 0 Å². The number of nitrogens with two attached hydrogens (primary N) is 1. The molecule has 4 rings (SSSR count). The van der Waals surface area contributed by atoms with Crippen LogP contribution in [0.25, 0.3) is 11.0 Å². The maximum atomic E-state index is 13.1. The first kappa shape index (κ1) is 26.4. The summed E-state index contributed by atoms with van der Waals surface area (Å²) in [5, 5.41) is 5.88. The van der Waals surface area contributed by atoms with E-state index < -0.39 is 6.04 Å². The van der Waals surface area contributed by atoms with E-state index in [0.717, 1.165) is 62.1 Å². The number of benzene rings is 1. The van der Waals surface area contributed by atoms with Crippen LogP contribution in [0, 0.1) is 0 Å². The molecule has 0 bridgehead atoms. The van der Waals surface area contributed by atoms with Crippen LogP contribution in [0.15, 0.2) is 24.3 Å². The average molecular weight is 499 g/mol. The number of methoxy groups -OCH3 is 1. The summed E-state index contributed by atoms with van der Waals surface area (Å²) in [6.45, 7) is 3.21. The number of urea groups is 1. The maximum Gasteiger partial charge on any atom is 0.315 e. The standard InChI is InChI=1S/C27H42N6O3/c1-36-16-8-15-33-24-13-6-5-12-23(24)31-26(33)20-9-7-14-32(19-20)25(34)17-21(28)18-29-27(35)30-22-10-3-2-4-11-22/h5-6,12-13,20-22H,2-4,7-11,14-19,28H2,1H3,(H2,29,30,35)/t20-,21+/m1/s1. The van der Waals surface area contributed by atoms with Crippen molar-refractivity contribution in [2.75, 3.05) is 33.4 Å². The van der Waals surface area contributed by atoms with E-state index in [-0.39, 0.29) is 36.9 Å². The van der Waals surface area contributed by atoms with Crippen LogP contribution < -0.4 is 16.4 Å². The van der Waals surface area contributed by atoms with E-state index in [9.17, 15) is 9.59 Å². The Kier molecular flexibility index (Phi) is 9.58. The van der Waals surface area contributed by atoms with Crippen molar-refractivity contribution in [3.8, 4) is 0 Å². The molecule has 2 fully saturated rings. The summed E-state index contributed by atoms with van der Waals surface area (Å²) in [7, 11) is 1.72. The normalized spacial score (nSPS) is 19.8. The molecule has 3 amide bonds. The number of hydrogen-bond donors (Lipinski definition) is 3. The number of aromatic nitrogens is 2. The molecule has 9 nitrogen and oxygen atoms in total. The SMILES string of the molecule is COCCCn1c([C@@H]2CCCN(C(=O)C[C@H](N)CNC(=O)NC3CCCCC3)C2)nc2ccccc21. The third-order valence-electron chi connectivity index (χ3n) is 7.46. The number of imidazole rings is 1. The Hall–Kier alpha value is -2.65. The van der Waals surface area contributed by atoms with E-state index in [1.807, 2.05) is 23.1 Å². The zero-order chi connectivity index (χ0) is 25.3. The zero-order valence-corrected chi connectivity index (χ0v) is 21.6. The van der Waals surface area contributed by atoms with Crippen LogP contribution in [-0.2, 0) is 16.1 Å². The molecule has 1 saturated heterocycles. The van der Waals surface area contributed by atoms with Gasteiger partial charge in [-0.3, -0.25) is 4.79 Å². The van der Waals surface area contributed by atoms with Crippen molar-refractivity contribution in [3.05, 3.63) is 30.1 Å². The van der Waals surface area contributed by atoms with Crippen LogP contribution >= 0.6 is 0 Å². The number of ether oxygens (including phenoxy) is 1. The molecule has 2 heterocycles. The summed E-state index contributed by atoms with van der Waals surface area (Å²) in [6.07, 6.45) is 8.73. The van der Waals surface area contributed by atoms with Gasteiger partial charge in [-0.05, 0) is 44.2 Å². The van der Waals surface area contributed by atoms with Crippen molar-refractivity contribution < 1.29 is 14.3 Å². The number of fused-ring (bicyclic) bond motifs is 1. The van der Waals surface area contributed by atoms with Crippen molar-refractivity contribution in [2.24, 2.45) is 5.73 Å². The van der Waals surface area contributed by atoms with Crippen LogP contribution in [0.2, 0.25) is 0 Å². The van der Waals surface area contributed by atoms with Crippen LogP contribution in [-0.4, -0.2) is 71.8 Å². The van der Waals surface area contributed by atoms with E-state index in [4.69, 9.17) is 15.5 Å². The number of carbonyl (C=O) groups is 2. The smallest absolute Gasteiger partial charge is 0.315 e. The highest BCUT2D eigenvalue weighted by atomic mass is 16.5. The lowest BCUT2D eigenvalue weighted by Crippen LogP contribution is -2.48. The van der Waals surface area contributed by atoms with Gasteiger partial charge in [-0.25, -0.2) is 9.78 Å². The molecule has 1 aliphatic heterocycles. The number of piperidine rings is 1.